The van der Waals surface area contributed by atoms with Crippen LogP contribution in [0.5, 0.6) is 0 Å². The van der Waals surface area contributed by atoms with E-state index in [2.05, 4.69) is 39.7 Å². The van der Waals surface area contributed by atoms with Gasteiger partial charge in [-0.1, -0.05) is 12.1 Å². The van der Waals surface area contributed by atoms with Crippen molar-refractivity contribution in [2.45, 2.75) is 18.8 Å². The van der Waals surface area contributed by atoms with Gasteiger partial charge in [0, 0.05) is 6.54 Å². The molecule has 0 spiro atoms. The lowest BCUT2D eigenvalue weighted by molar-refractivity contribution is 0.461. The van der Waals surface area contributed by atoms with Gasteiger partial charge in [-0.3, -0.25) is 0 Å². The standard InChI is InChI=1S/C13H16N4/c1-2-12(8-14-7-1)11-3-5-13(6-4-11)17-10-15-9-16-17/h3-6,9-10,12,14H,1-2,7-8H2. The predicted octanol–water partition coefficient (Wildman–Crippen LogP) is 1.73. The molecule has 0 aliphatic carbocycles. The Labute approximate surface area is 101 Å². The van der Waals surface area contributed by atoms with Crippen LogP contribution >= 0.6 is 0 Å². The zero-order valence-corrected chi connectivity index (χ0v) is 9.71. The van der Waals surface area contributed by atoms with Gasteiger partial charge in [-0.05, 0) is 43.0 Å². The number of nitrogens with zero attached hydrogens (tertiary/aromatic N) is 3. The van der Waals surface area contributed by atoms with Gasteiger partial charge in [0.15, 0.2) is 0 Å². The van der Waals surface area contributed by atoms with Crippen LogP contribution < -0.4 is 5.32 Å². The van der Waals surface area contributed by atoms with Crippen molar-refractivity contribution in [3.8, 4) is 5.69 Å². The van der Waals surface area contributed by atoms with Crippen molar-refractivity contribution in [1.82, 2.24) is 20.1 Å². The van der Waals surface area contributed by atoms with Crippen molar-refractivity contribution in [3.05, 3.63) is 42.5 Å². The first-order chi connectivity index (χ1) is 8.43. The molecular formula is C13H16N4. The van der Waals surface area contributed by atoms with Crippen molar-refractivity contribution in [1.29, 1.82) is 0 Å². The maximum Gasteiger partial charge on any atom is 0.138 e. The third-order valence-electron chi connectivity index (χ3n) is 3.34. The molecule has 2 heterocycles. The van der Waals surface area contributed by atoms with Crippen LogP contribution in [-0.4, -0.2) is 27.9 Å². The van der Waals surface area contributed by atoms with Crippen molar-refractivity contribution in [3.63, 3.8) is 0 Å². The van der Waals surface area contributed by atoms with Crippen LogP contribution in [0.4, 0.5) is 0 Å². The van der Waals surface area contributed by atoms with E-state index in [4.69, 9.17) is 0 Å². The summed E-state index contributed by atoms with van der Waals surface area (Å²) in [6.07, 6.45) is 5.83. The van der Waals surface area contributed by atoms with Crippen LogP contribution in [0.15, 0.2) is 36.9 Å². The van der Waals surface area contributed by atoms with Crippen LogP contribution in [0, 0.1) is 0 Å². The van der Waals surface area contributed by atoms with E-state index >= 15 is 0 Å². The second-order valence-corrected chi connectivity index (χ2v) is 4.47. The Hall–Kier alpha value is -1.68. The molecule has 1 aromatic carbocycles. The zero-order chi connectivity index (χ0) is 11.5. The van der Waals surface area contributed by atoms with E-state index in [9.17, 15) is 0 Å². The molecule has 0 amide bonds. The molecule has 0 saturated carbocycles. The molecule has 3 rings (SSSR count). The maximum atomic E-state index is 4.12. The molecule has 1 aliphatic heterocycles. The lowest BCUT2D eigenvalue weighted by Crippen LogP contribution is -2.28. The van der Waals surface area contributed by atoms with Gasteiger partial charge in [-0.15, -0.1) is 0 Å². The highest BCUT2D eigenvalue weighted by Gasteiger charge is 2.14. The van der Waals surface area contributed by atoms with Gasteiger partial charge in [0.1, 0.15) is 12.7 Å². The molecule has 4 heteroatoms. The fourth-order valence-corrected chi connectivity index (χ4v) is 2.38. The Kier molecular flexibility index (Phi) is 2.88. The Morgan fingerprint density at radius 2 is 2.12 bits per heavy atom. The van der Waals surface area contributed by atoms with Crippen molar-refractivity contribution < 1.29 is 0 Å². The fraction of sp³-hybridized carbons (Fsp3) is 0.385. The lowest BCUT2D eigenvalue weighted by atomic mass is 9.92. The monoisotopic (exact) mass is 228 g/mol. The SMILES string of the molecule is c1ncn(-c2ccc(C3CCCNC3)cc2)n1. The molecule has 0 bridgehead atoms. The maximum absolute atomic E-state index is 4.12. The summed E-state index contributed by atoms with van der Waals surface area (Å²) in [6, 6.07) is 8.63. The zero-order valence-electron chi connectivity index (χ0n) is 9.71. The minimum atomic E-state index is 0.661. The highest BCUT2D eigenvalue weighted by atomic mass is 15.3. The number of rotatable bonds is 2. The average molecular weight is 228 g/mol. The molecular weight excluding hydrogens is 212 g/mol. The van der Waals surface area contributed by atoms with E-state index in [0.717, 1.165) is 18.8 Å². The van der Waals surface area contributed by atoms with Crippen LogP contribution in [0.25, 0.3) is 5.69 Å². The van der Waals surface area contributed by atoms with Gasteiger partial charge < -0.3 is 5.32 Å². The van der Waals surface area contributed by atoms with Crippen LogP contribution in [0.2, 0.25) is 0 Å². The summed E-state index contributed by atoms with van der Waals surface area (Å²) < 4.78 is 1.78. The Morgan fingerprint density at radius 1 is 1.24 bits per heavy atom. The fourth-order valence-electron chi connectivity index (χ4n) is 2.38. The third kappa shape index (κ3) is 2.22. The van der Waals surface area contributed by atoms with E-state index in [-0.39, 0.29) is 0 Å². The first kappa shape index (κ1) is 10.5. The highest BCUT2D eigenvalue weighted by molar-refractivity contribution is 5.35. The average Bonchev–Trinajstić information content (AvgIpc) is 2.94. The third-order valence-corrected chi connectivity index (χ3v) is 3.34. The van der Waals surface area contributed by atoms with E-state index in [1.165, 1.54) is 18.4 Å². The summed E-state index contributed by atoms with van der Waals surface area (Å²) in [7, 11) is 0. The van der Waals surface area contributed by atoms with E-state index in [0.29, 0.717) is 5.92 Å². The van der Waals surface area contributed by atoms with Crippen LogP contribution in [0.3, 0.4) is 0 Å². The van der Waals surface area contributed by atoms with Gasteiger partial charge in [0.05, 0.1) is 5.69 Å². The minimum absolute atomic E-state index is 0.661. The highest BCUT2D eigenvalue weighted by Crippen LogP contribution is 2.23. The summed E-state index contributed by atoms with van der Waals surface area (Å²) in [4.78, 5) is 3.95. The van der Waals surface area contributed by atoms with E-state index in [1.54, 1.807) is 17.3 Å². The molecule has 1 aromatic heterocycles. The number of nitrogens with one attached hydrogen (secondary N) is 1. The molecule has 4 nitrogen and oxygen atoms in total. The molecule has 1 N–H and O–H groups in total. The molecule has 88 valence electrons. The number of hydrogen-bond donors (Lipinski definition) is 1. The summed E-state index contributed by atoms with van der Waals surface area (Å²) >= 11 is 0. The van der Waals surface area contributed by atoms with Gasteiger partial charge in [-0.25, -0.2) is 9.67 Å². The Morgan fingerprint density at radius 3 is 2.76 bits per heavy atom. The summed E-state index contributed by atoms with van der Waals surface area (Å²) in [5.41, 5.74) is 2.48. The van der Waals surface area contributed by atoms with Crippen molar-refractivity contribution in [2.75, 3.05) is 13.1 Å². The van der Waals surface area contributed by atoms with Crippen LogP contribution in [-0.2, 0) is 0 Å². The Bertz CT molecular complexity index is 455. The van der Waals surface area contributed by atoms with E-state index in [1.807, 2.05) is 0 Å². The topological polar surface area (TPSA) is 42.7 Å². The molecule has 0 radical (unpaired) electrons. The van der Waals surface area contributed by atoms with Gasteiger partial charge >= 0.3 is 0 Å². The Balaban J connectivity index is 1.80. The smallest absolute Gasteiger partial charge is 0.138 e. The van der Waals surface area contributed by atoms with Crippen LogP contribution in [0.1, 0.15) is 24.3 Å². The van der Waals surface area contributed by atoms with Gasteiger partial charge in [0.2, 0.25) is 0 Å². The second-order valence-electron chi connectivity index (χ2n) is 4.47. The summed E-state index contributed by atoms with van der Waals surface area (Å²) in [6.45, 7) is 2.26. The largest absolute Gasteiger partial charge is 0.316 e. The number of aromatic nitrogens is 3. The molecule has 2 aromatic rings. The second kappa shape index (κ2) is 4.67. The van der Waals surface area contributed by atoms with Gasteiger partial charge in [0.25, 0.3) is 0 Å². The minimum Gasteiger partial charge on any atom is -0.316 e. The number of piperidine rings is 1. The molecule has 1 aliphatic rings. The van der Waals surface area contributed by atoms with E-state index < -0.39 is 0 Å². The summed E-state index contributed by atoms with van der Waals surface area (Å²) in [5.74, 6) is 0.661. The molecule has 1 atom stereocenters. The predicted molar refractivity (Wildman–Crippen MR) is 66.2 cm³/mol. The molecule has 1 fully saturated rings. The first-order valence-electron chi connectivity index (χ1n) is 6.09. The van der Waals surface area contributed by atoms with Crippen molar-refractivity contribution >= 4 is 0 Å². The number of benzene rings is 1. The lowest BCUT2D eigenvalue weighted by Gasteiger charge is -2.23. The van der Waals surface area contributed by atoms with Crippen molar-refractivity contribution in [2.24, 2.45) is 0 Å². The normalized spacial score (nSPS) is 20.4. The van der Waals surface area contributed by atoms with Gasteiger partial charge in [-0.2, -0.15) is 5.10 Å². The molecule has 1 saturated heterocycles. The summed E-state index contributed by atoms with van der Waals surface area (Å²) in [5, 5.41) is 7.57. The number of hydrogen-bond acceptors (Lipinski definition) is 3. The molecule has 17 heavy (non-hydrogen) atoms. The quantitative estimate of drug-likeness (QED) is 0.851. The molecule has 1 unspecified atom stereocenters. The first-order valence-corrected chi connectivity index (χ1v) is 6.09.